The van der Waals surface area contributed by atoms with E-state index in [-0.39, 0.29) is 18.1 Å². The molecule has 2 atom stereocenters. The lowest BCUT2D eigenvalue weighted by atomic mass is 10.1. The monoisotopic (exact) mass is 325 g/mol. The normalized spacial score (nSPS) is 19.9. The Kier molecular flexibility index (Phi) is 5.46. The van der Waals surface area contributed by atoms with Gasteiger partial charge in [0.2, 0.25) is 5.91 Å². The van der Waals surface area contributed by atoms with Crippen LogP contribution in [-0.2, 0) is 4.79 Å². The molecule has 5 nitrogen and oxygen atoms in total. The molecule has 3 rings (SSSR count). The van der Waals surface area contributed by atoms with Gasteiger partial charge in [0.25, 0.3) is 0 Å². The number of carbonyl (C=O) groups excluding carboxylic acids is 1. The third-order valence-electron chi connectivity index (χ3n) is 4.09. The summed E-state index contributed by atoms with van der Waals surface area (Å²) in [5.74, 6) is 0.816. The zero-order valence-corrected chi connectivity index (χ0v) is 13.6. The number of carbonyl (C=O) groups is 1. The Balaban J connectivity index is 1.60. The first-order valence-corrected chi connectivity index (χ1v) is 8.29. The van der Waals surface area contributed by atoms with Crippen LogP contribution in [0.25, 0.3) is 11.1 Å². The molecule has 1 fully saturated rings. The molecule has 5 heteroatoms. The molecule has 0 saturated carbocycles. The molecule has 1 heterocycles. The maximum absolute atomic E-state index is 12.0. The van der Waals surface area contributed by atoms with E-state index in [1.807, 2.05) is 36.4 Å². The number of ether oxygens (including phenoxy) is 1. The Morgan fingerprint density at radius 1 is 1.17 bits per heavy atom. The minimum atomic E-state index is -0.209. The van der Waals surface area contributed by atoms with Crippen LogP contribution in [0.15, 0.2) is 54.6 Å². The highest BCUT2D eigenvalue weighted by molar-refractivity contribution is 5.82. The summed E-state index contributed by atoms with van der Waals surface area (Å²) in [5, 5.41) is 6.01. The second kappa shape index (κ2) is 7.95. The van der Waals surface area contributed by atoms with E-state index in [1.54, 1.807) is 0 Å². The first kappa shape index (κ1) is 16.5. The minimum absolute atomic E-state index is 0.00958. The molecule has 2 aromatic carbocycles. The molecule has 4 N–H and O–H groups in total. The van der Waals surface area contributed by atoms with Crippen molar-refractivity contribution in [1.82, 2.24) is 10.6 Å². The molecule has 1 aliphatic heterocycles. The lowest BCUT2D eigenvalue weighted by molar-refractivity contribution is -0.122. The maximum Gasteiger partial charge on any atom is 0.237 e. The molecule has 0 spiro atoms. The highest BCUT2D eigenvalue weighted by Crippen LogP contribution is 2.25. The van der Waals surface area contributed by atoms with Crippen molar-refractivity contribution in [3.63, 3.8) is 0 Å². The third-order valence-corrected chi connectivity index (χ3v) is 4.09. The molecule has 24 heavy (non-hydrogen) atoms. The van der Waals surface area contributed by atoms with E-state index in [4.69, 9.17) is 10.5 Å². The highest BCUT2D eigenvalue weighted by Gasteiger charge is 2.30. The molecule has 1 saturated heterocycles. The number of hydrogen-bond donors (Lipinski definition) is 3. The molecule has 0 aromatic heterocycles. The average Bonchev–Trinajstić information content (AvgIpc) is 3.09. The fraction of sp³-hybridized carbons (Fsp3) is 0.316. The van der Waals surface area contributed by atoms with Crippen LogP contribution in [-0.4, -0.2) is 37.7 Å². The number of benzene rings is 2. The lowest BCUT2D eigenvalue weighted by Crippen LogP contribution is -2.42. The van der Waals surface area contributed by atoms with E-state index in [1.165, 1.54) is 0 Å². The van der Waals surface area contributed by atoms with Crippen molar-refractivity contribution < 1.29 is 9.53 Å². The minimum Gasteiger partial charge on any atom is -0.489 e. The van der Waals surface area contributed by atoms with Gasteiger partial charge in [0, 0.05) is 26.1 Å². The van der Waals surface area contributed by atoms with E-state index in [9.17, 15) is 4.79 Å². The smallest absolute Gasteiger partial charge is 0.237 e. The highest BCUT2D eigenvalue weighted by atomic mass is 16.5. The van der Waals surface area contributed by atoms with Crippen molar-refractivity contribution in [3.05, 3.63) is 54.6 Å². The van der Waals surface area contributed by atoms with E-state index < -0.39 is 0 Å². The SMILES string of the molecule is NCCNC(=O)[C@@H]1C[C@@H](Oc2cccc(-c3ccccc3)c2)CN1. The summed E-state index contributed by atoms with van der Waals surface area (Å²) < 4.78 is 6.06. The molecule has 0 unspecified atom stereocenters. The summed E-state index contributed by atoms with van der Waals surface area (Å²) in [6, 6.07) is 18.0. The van der Waals surface area contributed by atoms with Crippen molar-refractivity contribution in [2.75, 3.05) is 19.6 Å². The van der Waals surface area contributed by atoms with Gasteiger partial charge in [0.1, 0.15) is 11.9 Å². The number of rotatable bonds is 6. The van der Waals surface area contributed by atoms with E-state index in [0.717, 1.165) is 16.9 Å². The van der Waals surface area contributed by atoms with Gasteiger partial charge in [-0.25, -0.2) is 0 Å². The zero-order chi connectivity index (χ0) is 16.8. The van der Waals surface area contributed by atoms with Crippen molar-refractivity contribution in [3.8, 4) is 16.9 Å². The van der Waals surface area contributed by atoms with Crippen molar-refractivity contribution in [2.45, 2.75) is 18.6 Å². The topological polar surface area (TPSA) is 76.4 Å². The number of amides is 1. The Morgan fingerprint density at radius 3 is 2.75 bits per heavy atom. The molecule has 0 bridgehead atoms. The van der Waals surface area contributed by atoms with Crippen LogP contribution in [0.3, 0.4) is 0 Å². The van der Waals surface area contributed by atoms with Gasteiger partial charge in [-0.15, -0.1) is 0 Å². The summed E-state index contributed by atoms with van der Waals surface area (Å²) in [4.78, 5) is 12.0. The number of nitrogens with one attached hydrogen (secondary N) is 2. The summed E-state index contributed by atoms with van der Waals surface area (Å²) in [6.07, 6.45) is 0.649. The van der Waals surface area contributed by atoms with Gasteiger partial charge >= 0.3 is 0 Å². The number of nitrogens with two attached hydrogens (primary N) is 1. The maximum atomic E-state index is 12.0. The van der Waals surface area contributed by atoms with Gasteiger partial charge in [0.05, 0.1) is 6.04 Å². The van der Waals surface area contributed by atoms with Crippen molar-refractivity contribution >= 4 is 5.91 Å². The zero-order valence-electron chi connectivity index (χ0n) is 13.6. The number of hydrogen-bond acceptors (Lipinski definition) is 4. The molecule has 1 amide bonds. The summed E-state index contributed by atoms with van der Waals surface area (Å²) in [6.45, 7) is 1.61. The van der Waals surface area contributed by atoms with Crippen LogP contribution in [0, 0.1) is 0 Å². The van der Waals surface area contributed by atoms with Gasteiger partial charge in [-0.2, -0.15) is 0 Å². The Bertz CT molecular complexity index is 675. The predicted octanol–water partition coefficient (Wildman–Crippen LogP) is 1.54. The van der Waals surface area contributed by atoms with Crippen LogP contribution in [0.4, 0.5) is 0 Å². The summed E-state index contributed by atoms with van der Waals surface area (Å²) in [5.41, 5.74) is 7.69. The van der Waals surface area contributed by atoms with Crippen LogP contribution >= 0.6 is 0 Å². The fourth-order valence-electron chi connectivity index (χ4n) is 2.88. The largest absolute Gasteiger partial charge is 0.489 e. The van der Waals surface area contributed by atoms with Gasteiger partial charge in [-0.05, 0) is 23.3 Å². The molecule has 0 radical (unpaired) electrons. The third kappa shape index (κ3) is 4.13. The van der Waals surface area contributed by atoms with Gasteiger partial charge in [-0.3, -0.25) is 4.79 Å². The van der Waals surface area contributed by atoms with Gasteiger partial charge < -0.3 is 21.1 Å². The van der Waals surface area contributed by atoms with E-state index >= 15 is 0 Å². The van der Waals surface area contributed by atoms with Crippen molar-refractivity contribution in [2.24, 2.45) is 5.73 Å². The molecule has 126 valence electrons. The average molecular weight is 325 g/mol. The predicted molar refractivity (Wildman–Crippen MR) is 94.8 cm³/mol. The molecule has 1 aliphatic rings. The first-order valence-electron chi connectivity index (χ1n) is 8.29. The fourth-order valence-corrected chi connectivity index (χ4v) is 2.88. The standard InChI is InChI=1S/C19H23N3O2/c20-9-10-21-19(23)18-12-17(13-22-18)24-16-8-4-7-15(11-16)14-5-2-1-3-6-14/h1-8,11,17-18,22H,9-10,12-13,20H2,(H,21,23)/t17-,18+/m1/s1. The van der Waals surface area contributed by atoms with Crippen LogP contribution in [0.1, 0.15) is 6.42 Å². The second-order valence-electron chi connectivity index (χ2n) is 5.91. The second-order valence-corrected chi connectivity index (χ2v) is 5.91. The molecule has 2 aromatic rings. The Hall–Kier alpha value is -2.37. The van der Waals surface area contributed by atoms with Crippen LogP contribution < -0.4 is 21.1 Å². The Morgan fingerprint density at radius 2 is 1.96 bits per heavy atom. The van der Waals surface area contributed by atoms with Crippen LogP contribution in [0.5, 0.6) is 5.75 Å². The quantitative estimate of drug-likeness (QED) is 0.753. The van der Waals surface area contributed by atoms with E-state index in [0.29, 0.717) is 26.1 Å². The van der Waals surface area contributed by atoms with E-state index in [2.05, 4.69) is 28.8 Å². The molecular formula is C19H23N3O2. The summed E-state index contributed by atoms with van der Waals surface area (Å²) in [7, 11) is 0. The van der Waals surface area contributed by atoms with Gasteiger partial charge in [-0.1, -0.05) is 42.5 Å². The summed E-state index contributed by atoms with van der Waals surface area (Å²) >= 11 is 0. The Labute approximate surface area is 142 Å². The molecular weight excluding hydrogens is 302 g/mol. The van der Waals surface area contributed by atoms with Crippen LogP contribution in [0.2, 0.25) is 0 Å². The lowest BCUT2D eigenvalue weighted by Gasteiger charge is -2.14. The molecule has 0 aliphatic carbocycles. The first-order chi connectivity index (χ1) is 11.8. The van der Waals surface area contributed by atoms with Crippen molar-refractivity contribution in [1.29, 1.82) is 0 Å². The van der Waals surface area contributed by atoms with Gasteiger partial charge in [0.15, 0.2) is 0 Å².